The van der Waals surface area contributed by atoms with Gasteiger partial charge >= 0.3 is 0 Å². The van der Waals surface area contributed by atoms with E-state index in [-0.39, 0.29) is 28.9 Å². The third kappa shape index (κ3) is 4.25. The number of aromatic nitrogens is 2. The van der Waals surface area contributed by atoms with Gasteiger partial charge in [0.15, 0.2) is 5.16 Å². The van der Waals surface area contributed by atoms with Crippen molar-refractivity contribution in [3.63, 3.8) is 0 Å². The molecule has 29 heavy (non-hydrogen) atoms. The van der Waals surface area contributed by atoms with Gasteiger partial charge in [-0.1, -0.05) is 24.6 Å². The number of carbonyl (C=O) groups is 1. The Balaban J connectivity index is 1.60. The number of aryl methyl sites for hydroxylation is 2. The molecule has 2 aromatic heterocycles. The molecule has 0 aromatic carbocycles. The van der Waals surface area contributed by atoms with Crippen molar-refractivity contribution in [2.45, 2.75) is 81.8 Å². The van der Waals surface area contributed by atoms with Crippen LogP contribution in [0.4, 0.5) is 0 Å². The van der Waals surface area contributed by atoms with Crippen LogP contribution in [0.25, 0.3) is 10.2 Å². The van der Waals surface area contributed by atoms with Crippen molar-refractivity contribution in [3.05, 3.63) is 20.8 Å². The van der Waals surface area contributed by atoms with Crippen LogP contribution in [-0.2, 0) is 9.53 Å². The Bertz CT molecular complexity index is 956. The van der Waals surface area contributed by atoms with E-state index in [0.29, 0.717) is 11.7 Å². The van der Waals surface area contributed by atoms with Crippen molar-refractivity contribution in [3.8, 4) is 0 Å². The lowest BCUT2D eigenvalue weighted by molar-refractivity contribution is -0.120. The second-order valence-corrected chi connectivity index (χ2v) is 10.6. The zero-order chi connectivity index (χ0) is 20.5. The summed E-state index contributed by atoms with van der Waals surface area (Å²) in [5, 5.41) is 4.10. The second kappa shape index (κ2) is 8.78. The number of thioether (sulfide) groups is 1. The van der Waals surface area contributed by atoms with Gasteiger partial charge in [0, 0.05) is 24.1 Å². The lowest BCUT2D eigenvalue weighted by atomic mass is 10.2. The predicted octanol–water partition coefficient (Wildman–Crippen LogP) is 3.97. The molecule has 2 atom stereocenters. The molecule has 1 amide bonds. The van der Waals surface area contributed by atoms with Crippen molar-refractivity contribution in [2.24, 2.45) is 0 Å². The molecule has 0 spiro atoms. The van der Waals surface area contributed by atoms with Gasteiger partial charge in [0.2, 0.25) is 5.91 Å². The largest absolute Gasteiger partial charge is 0.376 e. The van der Waals surface area contributed by atoms with E-state index in [1.54, 1.807) is 11.3 Å². The number of fused-ring (bicyclic) bond motifs is 1. The minimum Gasteiger partial charge on any atom is -0.376 e. The summed E-state index contributed by atoms with van der Waals surface area (Å²) in [6, 6.07) is 0.184. The Kier molecular flexibility index (Phi) is 6.32. The van der Waals surface area contributed by atoms with Gasteiger partial charge in [-0.25, -0.2) is 4.98 Å². The SMILES string of the molecule is Cc1sc2nc(S[C@H](C)C(=O)NC[C@H]3CCCO3)n(C3CCCC3)c(=O)c2c1C. The first kappa shape index (κ1) is 20.9. The molecule has 1 saturated heterocycles. The summed E-state index contributed by atoms with van der Waals surface area (Å²) >= 11 is 2.96. The first-order valence-electron chi connectivity index (χ1n) is 10.5. The highest BCUT2D eigenvalue weighted by Crippen LogP contribution is 2.35. The lowest BCUT2D eigenvalue weighted by Gasteiger charge is -2.20. The first-order valence-corrected chi connectivity index (χ1v) is 12.2. The molecule has 1 N–H and O–H groups in total. The summed E-state index contributed by atoms with van der Waals surface area (Å²) in [5.41, 5.74) is 1.09. The number of carbonyl (C=O) groups excluding carboxylic acids is 1. The minimum atomic E-state index is -0.324. The Morgan fingerprint density at radius 3 is 2.76 bits per heavy atom. The zero-order valence-corrected chi connectivity index (χ0v) is 19.0. The predicted molar refractivity (Wildman–Crippen MR) is 118 cm³/mol. The maximum atomic E-state index is 13.4. The number of thiophene rings is 1. The molecule has 2 fully saturated rings. The number of amides is 1. The molecule has 6 nitrogen and oxygen atoms in total. The summed E-state index contributed by atoms with van der Waals surface area (Å²) < 4.78 is 7.47. The third-order valence-corrected chi connectivity index (χ3v) is 8.24. The Morgan fingerprint density at radius 1 is 1.31 bits per heavy atom. The molecule has 3 heterocycles. The van der Waals surface area contributed by atoms with Gasteiger partial charge in [-0.15, -0.1) is 11.3 Å². The molecule has 4 rings (SSSR count). The van der Waals surface area contributed by atoms with Crippen molar-refractivity contribution in [2.75, 3.05) is 13.2 Å². The molecule has 8 heteroatoms. The fourth-order valence-electron chi connectivity index (χ4n) is 4.23. The molecule has 0 unspecified atom stereocenters. The fraction of sp³-hybridized carbons (Fsp3) is 0.667. The van der Waals surface area contributed by atoms with E-state index < -0.39 is 0 Å². The van der Waals surface area contributed by atoms with Crippen LogP contribution in [0.15, 0.2) is 9.95 Å². The molecule has 1 saturated carbocycles. The number of rotatable bonds is 6. The Hall–Kier alpha value is -1.38. The van der Waals surface area contributed by atoms with Crippen molar-refractivity contribution in [1.82, 2.24) is 14.9 Å². The van der Waals surface area contributed by atoms with Gasteiger partial charge in [0.05, 0.1) is 16.7 Å². The molecule has 2 aliphatic rings. The quantitative estimate of drug-likeness (QED) is 0.549. The summed E-state index contributed by atoms with van der Waals surface area (Å²) in [4.78, 5) is 32.8. The topological polar surface area (TPSA) is 73.2 Å². The molecular weight excluding hydrogens is 406 g/mol. The monoisotopic (exact) mass is 435 g/mol. The van der Waals surface area contributed by atoms with Gasteiger partial charge in [-0.3, -0.25) is 14.2 Å². The third-order valence-electron chi connectivity index (χ3n) is 6.07. The zero-order valence-electron chi connectivity index (χ0n) is 17.3. The number of nitrogens with one attached hydrogen (secondary N) is 1. The molecule has 2 aromatic rings. The maximum Gasteiger partial charge on any atom is 0.263 e. The summed E-state index contributed by atoms with van der Waals surface area (Å²) in [6.07, 6.45) is 6.46. The summed E-state index contributed by atoms with van der Waals surface area (Å²) in [5.74, 6) is -0.0311. The van der Waals surface area contributed by atoms with Crippen LogP contribution in [0.1, 0.15) is 61.9 Å². The van der Waals surface area contributed by atoms with E-state index in [9.17, 15) is 9.59 Å². The van der Waals surface area contributed by atoms with Crippen LogP contribution in [0, 0.1) is 13.8 Å². The summed E-state index contributed by atoms with van der Waals surface area (Å²) in [6.45, 7) is 7.26. The maximum absolute atomic E-state index is 13.4. The molecule has 158 valence electrons. The second-order valence-electron chi connectivity index (χ2n) is 8.11. The highest BCUT2D eigenvalue weighted by atomic mass is 32.2. The number of hydrogen-bond donors (Lipinski definition) is 1. The lowest BCUT2D eigenvalue weighted by Crippen LogP contribution is -2.37. The van der Waals surface area contributed by atoms with E-state index in [0.717, 1.165) is 65.8 Å². The van der Waals surface area contributed by atoms with E-state index in [1.165, 1.54) is 11.8 Å². The van der Waals surface area contributed by atoms with Crippen molar-refractivity contribution in [1.29, 1.82) is 0 Å². The number of ether oxygens (including phenoxy) is 1. The van der Waals surface area contributed by atoms with Gasteiger partial charge in [-0.2, -0.15) is 0 Å². The molecule has 1 aliphatic heterocycles. The molecule has 1 aliphatic carbocycles. The average molecular weight is 436 g/mol. The van der Waals surface area contributed by atoms with Crippen molar-refractivity contribution < 1.29 is 9.53 Å². The minimum absolute atomic E-state index is 0.0311. The van der Waals surface area contributed by atoms with Crippen LogP contribution >= 0.6 is 23.1 Å². The van der Waals surface area contributed by atoms with Crippen LogP contribution in [0.3, 0.4) is 0 Å². The molecule has 0 radical (unpaired) electrons. The van der Waals surface area contributed by atoms with Crippen LogP contribution in [0.2, 0.25) is 0 Å². The van der Waals surface area contributed by atoms with E-state index >= 15 is 0 Å². The first-order chi connectivity index (χ1) is 14.0. The molecule has 0 bridgehead atoms. The van der Waals surface area contributed by atoms with Crippen molar-refractivity contribution >= 4 is 39.2 Å². The summed E-state index contributed by atoms with van der Waals surface area (Å²) in [7, 11) is 0. The van der Waals surface area contributed by atoms with E-state index in [4.69, 9.17) is 9.72 Å². The number of hydrogen-bond acceptors (Lipinski definition) is 6. The smallest absolute Gasteiger partial charge is 0.263 e. The fourth-order valence-corrected chi connectivity index (χ4v) is 6.30. The average Bonchev–Trinajstić information content (AvgIpc) is 3.43. The van der Waals surface area contributed by atoms with E-state index in [2.05, 4.69) is 5.32 Å². The van der Waals surface area contributed by atoms with Crippen LogP contribution < -0.4 is 10.9 Å². The van der Waals surface area contributed by atoms with Crippen LogP contribution in [0.5, 0.6) is 0 Å². The number of nitrogens with zero attached hydrogens (tertiary/aromatic N) is 2. The van der Waals surface area contributed by atoms with Gasteiger partial charge < -0.3 is 10.1 Å². The normalized spacial score (nSPS) is 21.1. The van der Waals surface area contributed by atoms with Crippen LogP contribution in [-0.4, -0.2) is 40.0 Å². The Morgan fingerprint density at radius 2 is 2.07 bits per heavy atom. The highest BCUT2D eigenvalue weighted by molar-refractivity contribution is 8.00. The highest BCUT2D eigenvalue weighted by Gasteiger charge is 2.27. The molecular formula is C21H29N3O3S2. The van der Waals surface area contributed by atoms with Gasteiger partial charge in [-0.05, 0) is 52.0 Å². The Labute approximate surface area is 179 Å². The van der Waals surface area contributed by atoms with Gasteiger partial charge in [0.1, 0.15) is 4.83 Å². The van der Waals surface area contributed by atoms with E-state index in [1.807, 2.05) is 25.3 Å². The van der Waals surface area contributed by atoms with Gasteiger partial charge in [0.25, 0.3) is 5.56 Å². The standard InChI is InChI=1S/C21H29N3O3S2/c1-12-13(2)28-19-17(12)20(26)24(15-7-4-5-8-15)21(23-19)29-14(3)18(25)22-11-16-9-6-10-27-16/h14-16H,4-11H2,1-3H3,(H,22,25)/t14-,16-/m1/s1.